The van der Waals surface area contributed by atoms with Gasteiger partial charge in [-0.2, -0.15) is 18.2 Å². The van der Waals surface area contributed by atoms with Crippen molar-refractivity contribution in [2.75, 3.05) is 11.6 Å². The normalized spacial score (nSPS) is 28.9. The SMILES string of the molecule is CS(=O)(=O)C1CCC(Nc2ncc(C(F)(F)F)c(OC3CCCC3O)n2)CC1. The zero-order chi connectivity index (χ0) is 20.5. The number of aromatic nitrogens is 2. The highest BCUT2D eigenvalue weighted by Gasteiger charge is 2.38. The van der Waals surface area contributed by atoms with Gasteiger partial charge < -0.3 is 15.2 Å². The number of alkyl halides is 3. The van der Waals surface area contributed by atoms with Crippen LogP contribution in [0.1, 0.15) is 50.5 Å². The maximum atomic E-state index is 13.3. The summed E-state index contributed by atoms with van der Waals surface area (Å²) >= 11 is 0. The summed E-state index contributed by atoms with van der Waals surface area (Å²) in [6.07, 6.45) is -0.653. The van der Waals surface area contributed by atoms with E-state index < -0.39 is 39.7 Å². The largest absolute Gasteiger partial charge is 0.471 e. The summed E-state index contributed by atoms with van der Waals surface area (Å²) in [5, 5.41) is 12.4. The van der Waals surface area contributed by atoms with Crippen LogP contribution in [0, 0.1) is 0 Å². The summed E-state index contributed by atoms with van der Waals surface area (Å²) in [6.45, 7) is 0. The fourth-order valence-electron chi connectivity index (χ4n) is 3.73. The number of ether oxygens (including phenoxy) is 1. The highest BCUT2D eigenvalue weighted by atomic mass is 32.2. The van der Waals surface area contributed by atoms with Crippen LogP contribution in [0.25, 0.3) is 0 Å². The molecule has 0 amide bonds. The number of halogens is 3. The number of hydrogen-bond donors (Lipinski definition) is 2. The molecule has 11 heteroatoms. The molecule has 1 aromatic heterocycles. The molecule has 2 atom stereocenters. The summed E-state index contributed by atoms with van der Waals surface area (Å²) < 4.78 is 68.5. The Balaban J connectivity index is 1.73. The molecule has 0 spiro atoms. The molecule has 2 aliphatic rings. The number of rotatable bonds is 5. The van der Waals surface area contributed by atoms with E-state index in [-0.39, 0.29) is 17.2 Å². The zero-order valence-electron chi connectivity index (χ0n) is 15.4. The molecule has 0 saturated heterocycles. The molecule has 0 aliphatic heterocycles. The lowest BCUT2D eigenvalue weighted by Gasteiger charge is -2.28. The van der Waals surface area contributed by atoms with E-state index in [4.69, 9.17) is 4.74 Å². The highest BCUT2D eigenvalue weighted by molar-refractivity contribution is 7.91. The molecule has 0 bridgehead atoms. The van der Waals surface area contributed by atoms with Gasteiger partial charge in [-0.3, -0.25) is 0 Å². The van der Waals surface area contributed by atoms with Crippen LogP contribution in [0.5, 0.6) is 5.88 Å². The van der Waals surface area contributed by atoms with Gasteiger partial charge in [-0.05, 0) is 44.9 Å². The molecule has 2 aliphatic carbocycles. The van der Waals surface area contributed by atoms with E-state index in [1.165, 1.54) is 6.26 Å². The standard InChI is InChI=1S/C17H24F3N3O4S/c1-28(25,26)11-7-5-10(6-8-11)22-16-21-9-12(17(18,19)20)15(23-16)27-14-4-2-3-13(14)24/h9-11,13-14,24H,2-8H2,1H3,(H,21,22,23). The average Bonchev–Trinajstić information content (AvgIpc) is 2.98. The number of nitrogens with one attached hydrogen (secondary N) is 1. The number of aliphatic hydroxyl groups is 1. The second kappa shape index (κ2) is 8.02. The van der Waals surface area contributed by atoms with Gasteiger partial charge in [0.25, 0.3) is 0 Å². The van der Waals surface area contributed by atoms with E-state index in [2.05, 4.69) is 15.3 Å². The van der Waals surface area contributed by atoms with Gasteiger partial charge in [0.1, 0.15) is 21.5 Å². The quantitative estimate of drug-likeness (QED) is 0.751. The number of anilines is 1. The lowest BCUT2D eigenvalue weighted by atomic mass is 9.95. The predicted molar refractivity (Wildman–Crippen MR) is 95.8 cm³/mol. The minimum Gasteiger partial charge on any atom is -0.471 e. The molecule has 158 valence electrons. The second-order valence-corrected chi connectivity index (χ2v) is 9.84. The fraction of sp³-hybridized carbons (Fsp3) is 0.765. The molecule has 7 nitrogen and oxygen atoms in total. The third-order valence-corrected chi connectivity index (χ3v) is 7.04. The molecule has 1 heterocycles. The van der Waals surface area contributed by atoms with E-state index in [1.807, 2.05) is 0 Å². The summed E-state index contributed by atoms with van der Waals surface area (Å²) in [6, 6.07) is -0.125. The first-order chi connectivity index (χ1) is 13.0. The molecule has 0 aromatic carbocycles. The van der Waals surface area contributed by atoms with Crippen molar-refractivity contribution in [3.8, 4) is 5.88 Å². The number of nitrogens with zero attached hydrogens (tertiary/aromatic N) is 2. The average molecular weight is 423 g/mol. The molecule has 3 rings (SSSR count). The lowest BCUT2D eigenvalue weighted by Crippen LogP contribution is -2.33. The maximum Gasteiger partial charge on any atom is 0.423 e. The van der Waals surface area contributed by atoms with E-state index in [1.54, 1.807) is 0 Å². The van der Waals surface area contributed by atoms with Crippen LogP contribution < -0.4 is 10.1 Å². The van der Waals surface area contributed by atoms with Gasteiger partial charge in [-0.1, -0.05) is 0 Å². The van der Waals surface area contributed by atoms with Crippen LogP contribution in [0.4, 0.5) is 19.1 Å². The first-order valence-corrected chi connectivity index (χ1v) is 11.2. The van der Waals surface area contributed by atoms with Crippen molar-refractivity contribution >= 4 is 15.8 Å². The van der Waals surface area contributed by atoms with Crippen LogP contribution in [-0.2, 0) is 16.0 Å². The monoisotopic (exact) mass is 423 g/mol. The minimum atomic E-state index is -4.68. The van der Waals surface area contributed by atoms with Crippen molar-refractivity contribution in [1.82, 2.24) is 9.97 Å². The first kappa shape index (κ1) is 21.1. The third-order valence-electron chi connectivity index (χ3n) is 5.35. The van der Waals surface area contributed by atoms with Gasteiger partial charge in [0, 0.05) is 18.5 Å². The second-order valence-electron chi connectivity index (χ2n) is 7.51. The van der Waals surface area contributed by atoms with Crippen molar-refractivity contribution in [2.24, 2.45) is 0 Å². The zero-order valence-corrected chi connectivity index (χ0v) is 16.3. The first-order valence-electron chi connectivity index (χ1n) is 9.28. The van der Waals surface area contributed by atoms with E-state index >= 15 is 0 Å². The predicted octanol–water partition coefficient (Wildman–Crippen LogP) is 2.56. The van der Waals surface area contributed by atoms with Gasteiger partial charge in [-0.15, -0.1) is 0 Å². The van der Waals surface area contributed by atoms with Crippen LogP contribution in [0.15, 0.2) is 6.20 Å². The van der Waals surface area contributed by atoms with Crippen LogP contribution >= 0.6 is 0 Å². The number of hydrogen-bond acceptors (Lipinski definition) is 7. The molecule has 2 saturated carbocycles. The van der Waals surface area contributed by atoms with E-state index in [9.17, 15) is 26.7 Å². The molecule has 2 N–H and O–H groups in total. The van der Waals surface area contributed by atoms with Crippen LogP contribution in [0.3, 0.4) is 0 Å². The van der Waals surface area contributed by atoms with Gasteiger partial charge in [0.2, 0.25) is 11.8 Å². The Kier molecular flexibility index (Phi) is 6.04. The molecule has 1 aromatic rings. The summed E-state index contributed by atoms with van der Waals surface area (Å²) in [5.41, 5.74) is -1.09. The Bertz CT molecular complexity index is 795. The Labute approximate surface area is 161 Å². The van der Waals surface area contributed by atoms with E-state index in [0.717, 1.165) is 0 Å². The third kappa shape index (κ3) is 5.05. The summed E-state index contributed by atoms with van der Waals surface area (Å²) in [7, 11) is -3.10. The summed E-state index contributed by atoms with van der Waals surface area (Å²) in [5.74, 6) is -0.598. The lowest BCUT2D eigenvalue weighted by molar-refractivity contribution is -0.140. The smallest absolute Gasteiger partial charge is 0.423 e. The minimum absolute atomic E-state index is 0.00158. The molecule has 0 radical (unpaired) electrons. The Hall–Kier alpha value is -1.62. The summed E-state index contributed by atoms with van der Waals surface area (Å²) in [4.78, 5) is 7.66. The fourth-order valence-corrected chi connectivity index (χ4v) is 4.85. The van der Waals surface area contributed by atoms with Crippen molar-refractivity contribution in [3.63, 3.8) is 0 Å². The molecular weight excluding hydrogens is 399 g/mol. The molecule has 28 heavy (non-hydrogen) atoms. The molecule has 2 unspecified atom stereocenters. The van der Waals surface area contributed by atoms with Gasteiger partial charge in [0.05, 0.1) is 11.4 Å². The number of sulfone groups is 1. The van der Waals surface area contributed by atoms with Gasteiger partial charge >= 0.3 is 6.18 Å². The van der Waals surface area contributed by atoms with E-state index in [0.29, 0.717) is 51.1 Å². The Morgan fingerprint density at radius 2 is 1.86 bits per heavy atom. The molecular formula is C17H24F3N3O4S. The Morgan fingerprint density at radius 3 is 2.39 bits per heavy atom. The van der Waals surface area contributed by atoms with Crippen molar-refractivity contribution in [3.05, 3.63) is 11.8 Å². The number of aliphatic hydroxyl groups excluding tert-OH is 1. The van der Waals surface area contributed by atoms with Gasteiger partial charge in [-0.25, -0.2) is 13.4 Å². The van der Waals surface area contributed by atoms with Crippen molar-refractivity contribution in [2.45, 2.75) is 74.6 Å². The Morgan fingerprint density at radius 1 is 1.18 bits per heavy atom. The maximum absolute atomic E-state index is 13.3. The van der Waals surface area contributed by atoms with Crippen molar-refractivity contribution in [1.29, 1.82) is 0 Å². The van der Waals surface area contributed by atoms with Crippen LogP contribution in [0.2, 0.25) is 0 Å². The molecule has 2 fully saturated rings. The van der Waals surface area contributed by atoms with Gasteiger partial charge in [0.15, 0.2) is 0 Å². The van der Waals surface area contributed by atoms with Crippen LogP contribution in [-0.4, -0.2) is 53.2 Å². The highest BCUT2D eigenvalue weighted by Crippen LogP contribution is 2.37. The topological polar surface area (TPSA) is 101 Å². The van der Waals surface area contributed by atoms with Crippen molar-refractivity contribution < 1.29 is 31.4 Å².